The molecule has 0 aliphatic carbocycles. The lowest BCUT2D eigenvalue weighted by atomic mass is 9.90. The minimum atomic E-state index is -0.745. The zero-order valence-electron chi connectivity index (χ0n) is 24.9. The van der Waals surface area contributed by atoms with Crippen LogP contribution in [0.1, 0.15) is 52.8 Å². The molecule has 16 heteroatoms. The number of aliphatic hydroxyl groups is 3. The summed E-state index contributed by atoms with van der Waals surface area (Å²) >= 11 is 0. The second-order valence-corrected chi connectivity index (χ2v) is 11.1. The van der Waals surface area contributed by atoms with Gasteiger partial charge in [0.1, 0.15) is 11.6 Å². The van der Waals surface area contributed by atoms with Crippen LogP contribution in [0.4, 0.5) is 34.8 Å². The lowest BCUT2D eigenvalue weighted by Gasteiger charge is -2.17. The van der Waals surface area contributed by atoms with Crippen molar-refractivity contribution < 1.29 is 20.2 Å². The molecule has 16 nitrogen and oxygen atoms in total. The summed E-state index contributed by atoms with van der Waals surface area (Å²) in [5.41, 5.74) is 0.454. The van der Waals surface area contributed by atoms with Crippen molar-refractivity contribution in [2.45, 2.75) is 65.3 Å². The molecule has 6 N–H and O–H groups in total. The highest BCUT2D eigenvalue weighted by atomic mass is 16.6. The molecule has 3 aromatic rings. The summed E-state index contributed by atoms with van der Waals surface area (Å²) in [5.74, 6) is 0.568. The maximum atomic E-state index is 11.2. The molecular weight excluding hydrogens is 558 g/mol. The largest absolute Gasteiger partial charge is 0.392 e. The first-order chi connectivity index (χ1) is 20.2. The smallest absolute Gasteiger partial charge is 0.269 e. The van der Waals surface area contributed by atoms with Gasteiger partial charge in [-0.25, -0.2) is 4.68 Å². The van der Waals surface area contributed by atoms with Crippen LogP contribution in [0, 0.1) is 21.4 Å². The molecule has 0 spiro atoms. The van der Waals surface area contributed by atoms with E-state index in [9.17, 15) is 30.7 Å². The Kier molecular flexibility index (Phi) is 10.6. The Bertz CT molecular complexity index is 1450. The van der Waals surface area contributed by atoms with Crippen LogP contribution in [0.15, 0.2) is 34.5 Å². The summed E-state index contributed by atoms with van der Waals surface area (Å²) in [6, 6.07) is 7.80. The molecule has 2 aromatic heterocycles. The number of nitriles is 1. The second kappa shape index (κ2) is 14.0. The summed E-state index contributed by atoms with van der Waals surface area (Å²) in [4.78, 5) is 19.6. The van der Waals surface area contributed by atoms with Gasteiger partial charge in [-0.3, -0.25) is 10.1 Å². The topological polar surface area (TPSA) is 232 Å². The van der Waals surface area contributed by atoms with Crippen molar-refractivity contribution in [3.8, 4) is 11.8 Å². The number of anilines is 3. The van der Waals surface area contributed by atoms with Crippen molar-refractivity contribution >= 4 is 34.8 Å². The van der Waals surface area contributed by atoms with E-state index in [2.05, 4.69) is 47.3 Å². The van der Waals surface area contributed by atoms with Gasteiger partial charge in [0, 0.05) is 37.2 Å². The van der Waals surface area contributed by atoms with Gasteiger partial charge in [-0.15, -0.1) is 10.2 Å². The van der Waals surface area contributed by atoms with Crippen molar-refractivity contribution in [2.75, 3.05) is 35.6 Å². The summed E-state index contributed by atoms with van der Waals surface area (Å²) in [6.07, 6.45) is -2.18. The van der Waals surface area contributed by atoms with Crippen molar-refractivity contribution in [1.29, 1.82) is 5.26 Å². The highest BCUT2D eigenvalue weighted by molar-refractivity contribution is 5.75. The number of nitrogens with one attached hydrogen (secondary N) is 3. The predicted octanol–water partition coefficient (Wildman–Crippen LogP) is 3.53. The standard InChI is InChI=1S/C27H37N11O5/c1-15(39)12-29-23-21(24(30-13-16(2)40)33-26(32-23)31-14-17(3)41)34-35-25-20(11-28)22(27(4,5)6)36-37(25)18-7-9-19(10-8-18)38(42)43/h7-10,15-17,39-41H,12-14H2,1-6H3,(H3,29,30,31,32,33). The van der Waals surface area contributed by atoms with Crippen LogP contribution in [-0.2, 0) is 5.41 Å². The van der Waals surface area contributed by atoms with Crippen molar-refractivity contribution in [1.82, 2.24) is 19.7 Å². The Morgan fingerprint density at radius 3 is 1.91 bits per heavy atom. The van der Waals surface area contributed by atoms with Crippen LogP contribution in [0.2, 0.25) is 0 Å². The number of nitro benzene ring substituents is 1. The Morgan fingerprint density at radius 1 is 0.953 bits per heavy atom. The van der Waals surface area contributed by atoms with E-state index in [1.54, 1.807) is 20.8 Å². The van der Waals surface area contributed by atoms with Gasteiger partial charge in [0.15, 0.2) is 23.1 Å². The molecule has 0 saturated carbocycles. The molecular formula is C27H37N11O5. The second-order valence-electron chi connectivity index (χ2n) is 11.1. The number of azo groups is 1. The number of aliphatic hydroxyl groups excluding tert-OH is 3. The molecule has 3 rings (SSSR count). The number of nitro groups is 1. The Hall–Kier alpha value is -4.72. The van der Waals surface area contributed by atoms with Crippen molar-refractivity contribution in [3.05, 3.63) is 45.6 Å². The van der Waals surface area contributed by atoms with Crippen LogP contribution >= 0.6 is 0 Å². The van der Waals surface area contributed by atoms with Gasteiger partial charge in [-0.2, -0.15) is 20.3 Å². The fourth-order valence-corrected chi connectivity index (χ4v) is 3.73. The van der Waals surface area contributed by atoms with E-state index in [0.29, 0.717) is 11.4 Å². The van der Waals surface area contributed by atoms with E-state index in [1.807, 2.05) is 20.8 Å². The summed E-state index contributed by atoms with van der Waals surface area (Å²) in [7, 11) is 0. The number of benzene rings is 1. The Balaban J connectivity index is 2.24. The molecule has 43 heavy (non-hydrogen) atoms. The molecule has 0 bridgehead atoms. The highest BCUT2D eigenvalue weighted by Crippen LogP contribution is 2.37. The number of hydrogen-bond donors (Lipinski definition) is 6. The van der Waals surface area contributed by atoms with E-state index >= 15 is 0 Å². The van der Waals surface area contributed by atoms with Gasteiger partial charge in [0.25, 0.3) is 5.69 Å². The molecule has 3 unspecified atom stereocenters. The first-order valence-corrected chi connectivity index (χ1v) is 13.6. The number of non-ortho nitro benzene ring substituents is 1. The quantitative estimate of drug-likeness (QED) is 0.0946. The van der Waals surface area contributed by atoms with Crippen LogP contribution in [0.5, 0.6) is 0 Å². The molecule has 1 aromatic carbocycles. The maximum absolute atomic E-state index is 11.2. The molecule has 0 fully saturated rings. The minimum absolute atomic E-state index is 0.0699. The molecule has 0 saturated heterocycles. The van der Waals surface area contributed by atoms with Crippen LogP contribution < -0.4 is 16.0 Å². The average Bonchev–Trinajstić information content (AvgIpc) is 3.32. The number of rotatable bonds is 13. The molecule has 230 valence electrons. The third-order valence-electron chi connectivity index (χ3n) is 5.80. The van der Waals surface area contributed by atoms with Gasteiger partial charge in [0.2, 0.25) is 5.95 Å². The third-order valence-corrected chi connectivity index (χ3v) is 5.80. The van der Waals surface area contributed by atoms with E-state index in [0.717, 1.165) is 0 Å². The monoisotopic (exact) mass is 595 g/mol. The van der Waals surface area contributed by atoms with E-state index < -0.39 is 28.7 Å². The van der Waals surface area contributed by atoms with Crippen LogP contribution in [0.25, 0.3) is 5.69 Å². The molecule has 0 aliphatic heterocycles. The molecule has 0 amide bonds. The fraction of sp³-hybridized carbons (Fsp3) is 0.481. The lowest BCUT2D eigenvalue weighted by Crippen LogP contribution is -2.21. The zero-order chi connectivity index (χ0) is 31.9. The fourth-order valence-electron chi connectivity index (χ4n) is 3.73. The summed E-state index contributed by atoms with van der Waals surface area (Å²) in [5, 5.41) is 73.3. The highest BCUT2D eigenvalue weighted by Gasteiger charge is 2.28. The van der Waals surface area contributed by atoms with Crippen molar-refractivity contribution in [2.24, 2.45) is 10.2 Å². The Labute approximate surface area is 248 Å². The van der Waals surface area contributed by atoms with Gasteiger partial charge in [-0.1, -0.05) is 20.8 Å². The average molecular weight is 596 g/mol. The maximum Gasteiger partial charge on any atom is 0.269 e. The Morgan fingerprint density at radius 2 is 1.47 bits per heavy atom. The van der Waals surface area contributed by atoms with E-state index in [-0.39, 0.29) is 60.0 Å². The molecule has 0 aliphatic rings. The summed E-state index contributed by atoms with van der Waals surface area (Å²) in [6.45, 7) is 10.8. The number of hydrogen-bond acceptors (Lipinski definition) is 14. The first kappa shape index (κ1) is 32.8. The zero-order valence-corrected chi connectivity index (χ0v) is 24.9. The van der Waals surface area contributed by atoms with Gasteiger partial charge in [-0.05, 0) is 32.9 Å². The predicted molar refractivity (Wildman–Crippen MR) is 160 cm³/mol. The lowest BCUT2D eigenvalue weighted by molar-refractivity contribution is -0.384. The number of aromatic nitrogens is 4. The van der Waals surface area contributed by atoms with Crippen molar-refractivity contribution in [3.63, 3.8) is 0 Å². The summed E-state index contributed by atoms with van der Waals surface area (Å²) < 4.78 is 1.39. The van der Waals surface area contributed by atoms with Gasteiger partial charge in [0.05, 0.1) is 34.6 Å². The molecule has 0 radical (unpaired) electrons. The minimum Gasteiger partial charge on any atom is -0.392 e. The van der Waals surface area contributed by atoms with E-state index in [1.165, 1.54) is 28.9 Å². The molecule has 2 heterocycles. The van der Waals surface area contributed by atoms with E-state index in [4.69, 9.17) is 0 Å². The first-order valence-electron chi connectivity index (χ1n) is 13.6. The van der Waals surface area contributed by atoms with Gasteiger partial charge < -0.3 is 31.3 Å². The normalized spacial score (nSPS) is 13.8. The van der Waals surface area contributed by atoms with Crippen LogP contribution in [-0.4, -0.2) is 77.9 Å². The number of nitrogens with zero attached hydrogens (tertiary/aromatic N) is 8. The molecule has 3 atom stereocenters. The van der Waals surface area contributed by atoms with Crippen LogP contribution in [0.3, 0.4) is 0 Å². The van der Waals surface area contributed by atoms with Gasteiger partial charge >= 0.3 is 0 Å². The third kappa shape index (κ3) is 8.64. The SMILES string of the molecule is CC(O)CNc1nc(NCC(C)O)c(N=Nc2c(C#N)c(C(C)(C)C)nn2-c2ccc([N+](=O)[O-])cc2)c(NCC(C)O)n1.